The first-order chi connectivity index (χ1) is 11.3. The van der Waals surface area contributed by atoms with Gasteiger partial charge in [-0.15, -0.1) is 11.3 Å². The molecule has 0 saturated carbocycles. The van der Waals surface area contributed by atoms with Crippen LogP contribution in [0.2, 0.25) is 0 Å². The maximum atomic E-state index is 12.3. The number of rotatable bonds is 5. The number of ether oxygens (including phenoxy) is 1. The number of methoxy groups -OCH3 is 1. The second-order valence-corrected chi connectivity index (χ2v) is 5.80. The summed E-state index contributed by atoms with van der Waals surface area (Å²) in [5, 5.41) is 5.85. The fourth-order valence-corrected chi connectivity index (χ4v) is 2.98. The minimum Gasteiger partial charge on any atom is -0.497 e. The van der Waals surface area contributed by atoms with Gasteiger partial charge in [0, 0.05) is 29.2 Å². The summed E-state index contributed by atoms with van der Waals surface area (Å²) in [6, 6.07) is 15.1. The van der Waals surface area contributed by atoms with E-state index in [-0.39, 0.29) is 5.91 Å². The van der Waals surface area contributed by atoms with Crippen molar-refractivity contribution < 1.29 is 9.53 Å². The minimum atomic E-state index is -0.127. The van der Waals surface area contributed by atoms with Crippen molar-refractivity contribution in [2.75, 3.05) is 7.11 Å². The number of nitrogens with zero attached hydrogens (tertiary/aromatic N) is 1. The number of hydrogen-bond acceptors (Lipinski definition) is 4. The third kappa shape index (κ3) is 3.57. The van der Waals surface area contributed by atoms with E-state index in [1.54, 1.807) is 42.8 Å². The van der Waals surface area contributed by atoms with Gasteiger partial charge in [0.05, 0.1) is 7.11 Å². The lowest BCUT2D eigenvalue weighted by molar-refractivity contribution is 0.0950. The fourth-order valence-electron chi connectivity index (χ4n) is 2.28. The molecule has 3 aromatic rings. The highest BCUT2D eigenvalue weighted by atomic mass is 32.1. The van der Waals surface area contributed by atoms with Gasteiger partial charge in [-0.1, -0.05) is 30.3 Å². The molecule has 3 rings (SSSR count). The van der Waals surface area contributed by atoms with Crippen molar-refractivity contribution in [3.05, 3.63) is 71.2 Å². The van der Waals surface area contributed by atoms with Crippen LogP contribution in [-0.4, -0.2) is 18.0 Å². The zero-order valence-electron chi connectivity index (χ0n) is 12.7. The Morgan fingerprint density at radius 3 is 2.87 bits per heavy atom. The molecule has 1 aromatic heterocycles. The molecule has 0 unspecified atom stereocenters. The number of amides is 1. The lowest BCUT2D eigenvalue weighted by Gasteiger charge is -2.09. The fraction of sp³-hybridized carbons (Fsp3) is 0.111. The molecule has 0 aliphatic carbocycles. The Morgan fingerprint density at radius 1 is 1.22 bits per heavy atom. The molecule has 0 fully saturated rings. The van der Waals surface area contributed by atoms with Crippen molar-refractivity contribution in [3.63, 3.8) is 0 Å². The van der Waals surface area contributed by atoms with Crippen LogP contribution < -0.4 is 10.1 Å². The molecule has 0 radical (unpaired) electrons. The molecule has 0 aliphatic heterocycles. The molecule has 0 bridgehead atoms. The van der Waals surface area contributed by atoms with Crippen LogP contribution in [0.5, 0.6) is 5.75 Å². The molecular weight excluding hydrogens is 308 g/mol. The Labute approximate surface area is 138 Å². The lowest BCUT2D eigenvalue weighted by Crippen LogP contribution is -2.23. The first kappa shape index (κ1) is 15.2. The van der Waals surface area contributed by atoms with Crippen LogP contribution in [0.4, 0.5) is 0 Å². The number of benzene rings is 2. The molecular formula is C18H16N2O2S. The molecule has 116 valence electrons. The number of nitrogens with one attached hydrogen (secondary N) is 1. The number of carbonyl (C=O) groups is 1. The molecule has 0 aliphatic rings. The van der Waals surface area contributed by atoms with Crippen molar-refractivity contribution in [2.45, 2.75) is 6.54 Å². The molecule has 5 heteroatoms. The van der Waals surface area contributed by atoms with Crippen LogP contribution in [-0.2, 0) is 6.54 Å². The van der Waals surface area contributed by atoms with Crippen molar-refractivity contribution in [2.24, 2.45) is 0 Å². The van der Waals surface area contributed by atoms with Gasteiger partial charge in [-0.2, -0.15) is 0 Å². The summed E-state index contributed by atoms with van der Waals surface area (Å²) in [5.74, 6) is 0.540. The molecule has 0 spiro atoms. The summed E-state index contributed by atoms with van der Waals surface area (Å²) >= 11 is 1.59. The Kier molecular flexibility index (Phi) is 4.68. The molecule has 23 heavy (non-hydrogen) atoms. The average molecular weight is 324 g/mol. The van der Waals surface area contributed by atoms with E-state index in [0.29, 0.717) is 17.9 Å². The summed E-state index contributed by atoms with van der Waals surface area (Å²) in [4.78, 5) is 16.6. The molecule has 2 aromatic carbocycles. The Morgan fingerprint density at radius 2 is 2.09 bits per heavy atom. The van der Waals surface area contributed by atoms with E-state index in [1.807, 2.05) is 35.7 Å². The van der Waals surface area contributed by atoms with Crippen LogP contribution in [0.1, 0.15) is 15.9 Å². The van der Waals surface area contributed by atoms with Crippen LogP contribution in [0.25, 0.3) is 10.6 Å². The Balaban J connectivity index is 1.75. The highest BCUT2D eigenvalue weighted by Crippen LogP contribution is 2.25. The van der Waals surface area contributed by atoms with Gasteiger partial charge in [-0.3, -0.25) is 4.79 Å². The van der Waals surface area contributed by atoms with Crippen molar-refractivity contribution >= 4 is 17.2 Å². The maximum absolute atomic E-state index is 12.3. The Hall–Kier alpha value is -2.66. The number of carbonyl (C=O) groups excluding carboxylic acids is 1. The van der Waals surface area contributed by atoms with Gasteiger partial charge in [0.15, 0.2) is 0 Å². The molecule has 1 amide bonds. The quantitative estimate of drug-likeness (QED) is 0.777. The third-order valence-electron chi connectivity index (χ3n) is 3.45. The van der Waals surface area contributed by atoms with E-state index < -0.39 is 0 Å². The monoisotopic (exact) mass is 324 g/mol. The zero-order chi connectivity index (χ0) is 16.1. The largest absolute Gasteiger partial charge is 0.497 e. The Bertz CT molecular complexity index is 800. The van der Waals surface area contributed by atoms with E-state index in [0.717, 1.165) is 16.1 Å². The molecule has 4 nitrogen and oxygen atoms in total. The SMILES string of the molecule is COc1cccc(C(=O)NCc2ccccc2-c2nccs2)c1. The number of hydrogen-bond donors (Lipinski definition) is 1. The van der Waals surface area contributed by atoms with E-state index in [4.69, 9.17) is 4.74 Å². The second-order valence-electron chi connectivity index (χ2n) is 4.91. The van der Waals surface area contributed by atoms with Gasteiger partial charge in [-0.25, -0.2) is 4.98 Å². The third-order valence-corrected chi connectivity index (χ3v) is 4.26. The average Bonchev–Trinajstić information content (AvgIpc) is 3.14. The summed E-state index contributed by atoms with van der Waals surface area (Å²) < 4.78 is 5.15. The summed E-state index contributed by atoms with van der Waals surface area (Å²) in [6.45, 7) is 0.450. The van der Waals surface area contributed by atoms with Gasteiger partial charge in [0.25, 0.3) is 5.91 Å². The number of thiazole rings is 1. The smallest absolute Gasteiger partial charge is 0.251 e. The van der Waals surface area contributed by atoms with Gasteiger partial charge in [-0.05, 0) is 23.8 Å². The van der Waals surface area contributed by atoms with Crippen molar-refractivity contribution in [1.82, 2.24) is 10.3 Å². The van der Waals surface area contributed by atoms with E-state index in [9.17, 15) is 4.79 Å². The van der Waals surface area contributed by atoms with Crippen molar-refractivity contribution in [1.29, 1.82) is 0 Å². The van der Waals surface area contributed by atoms with E-state index in [2.05, 4.69) is 10.3 Å². The minimum absolute atomic E-state index is 0.127. The highest BCUT2D eigenvalue weighted by molar-refractivity contribution is 7.13. The van der Waals surface area contributed by atoms with Crippen LogP contribution in [0.3, 0.4) is 0 Å². The zero-order valence-corrected chi connectivity index (χ0v) is 13.5. The van der Waals surface area contributed by atoms with Gasteiger partial charge < -0.3 is 10.1 Å². The maximum Gasteiger partial charge on any atom is 0.251 e. The molecule has 1 N–H and O–H groups in total. The van der Waals surface area contributed by atoms with E-state index >= 15 is 0 Å². The topological polar surface area (TPSA) is 51.2 Å². The second kappa shape index (κ2) is 7.07. The van der Waals surface area contributed by atoms with Crippen molar-refractivity contribution in [3.8, 4) is 16.3 Å². The van der Waals surface area contributed by atoms with Gasteiger partial charge >= 0.3 is 0 Å². The lowest BCUT2D eigenvalue weighted by atomic mass is 10.1. The van der Waals surface area contributed by atoms with Crippen LogP contribution in [0, 0.1) is 0 Å². The first-order valence-electron chi connectivity index (χ1n) is 7.18. The van der Waals surface area contributed by atoms with Gasteiger partial charge in [0.1, 0.15) is 10.8 Å². The predicted octanol–water partition coefficient (Wildman–Crippen LogP) is 3.75. The number of aromatic nitrogens is 1. The molecule has 0 atom stereocenters. The predicted molar refractivity (Wildman–Crippen MR) is 91.7 cm³/mol. The normalized spacial score (nSPS) is 10.3. The first-order valence-corrected chi connectivity index (χ1v) is 8.06. The standard InChI is InChI=1S/C18H16N2O2S/c1-22-15-7-4-6-13(11-15)17(21)20-12-14-5-2-3-8-16(14)18-19-9-10-23-18/h2-11H,12H2,1H3,(H,20,21). The molecule has 1 heterocycles. The van der Waals surface area contributed by atoms with Gasteiger partial charge in [0.2, 0.25) is 0 Å². The highest BCUT2D eigenvalue weighted by Gasteiger charge is 2.10. The summed E-state index contributed by atoms with van der Waals surface area (Å²) in [6.07, 6.45) is 1.78. The van der Waals surface area contributed by atoms with Crippen LogP contribution in [0.15, 0.2) is 60.1 Å². The van der Waals surface area contributed by atoms with Crippen LogP contribution >= 0.6 is 11.3 Å². The summed E-state index contributed by atoms with van der Waals surface area (Å²) in [5.41, 5.74) is 2.67. The molecule has 0 saturated heterocycles. The van der Waals surface area contributed by atoms with E-state index in [1.165, 1.54) is 0 Å². The summed E-state index contributed by atoms with van der Waals surface area (Å²) in [7, 11) is 1.58.